The zero-order valence-electron chi connectivity index (χ0n) is 15.0. The Balaban J connectivity index is 1.65. The number of carbonyl (C=O) groups excluding carboxylic acids is 1. The van der Waals surface area contributed by atoms with Crippen molar-refractivity contribution in [1.29, 1.82) is 0 Å². The zero-order chi connectivity index (χ0) is 17.9. The number of rotatable bonds is 4. The Labute approximate surface area is 148 Å². The third kappa shape index (κ3) is 4.04. The third-order valence-electron chi connectivity index (χ3n) is 5.17. The number of hydrogen-bond acceptors (Lipinski definition) is 5. The zero-order valence-corrected chi connectivity index (χ0v) is 15.0. The van der Waals surface area contributed by atoms with Gasteiger partial charge in [-0.25, -0.2) is 9.78 Å². The first-order chi connectivity index (χ1) is 12.0. The number of hydrogen-bond donors (Lipinski definition) is 3. The molecule has 3 rings (SSSR count). The fraction of sp³-hybridized carbons (Fsp3) is 0.667. The van der Waals surface area contributed by atoms with Gasteiger partial charge in [-0.1, -0.05) is 0 Å². The van der Waals surface area contributed by atoms with Crippen molar-refractivity contribution < 1.29 is 14.6 Å². The van der Waals surface area contributed by atoms with E-state index in [9.17, 15) is 9.90 Å². The first kappa shape index (κ1) is 17.9. The van der Waals surface area contributed by atoms with E-state index in [1.165, 1.54) is 19.3 Å². The van der Waals surface area contributed by atoms with Crippen LogP contribution in [0.3, 0.4) is 0 Å². The van der Waals surface area contributed by atoms with Crippen LogP contribution in [0.15, 0.2) is 12.3 Å². The molecule has 2 atom stereocenters. The van der Waals surface area contributed by atoms with Gasteiger partial charge in [0.1, 0.15) is 5.82 Å². The van der Waals surface area contributed by atoms with Gasteiger partial charge in [-0.2, -0.15) is 0 Å². The number of aliphatic hydroxyl groups excluding tert-OH is 1. The van der Waals surface area contributed by atoms with Gasteiger partial charge < -0.3 is 25.4 Å². The van der Waals surface area contributed by atoms with Crippen molar-refractivity contribution in [3.05, 3.63) is 17.8 Å². The number of amides is 2. The van der Waals surface area contributed by atoms with Gasteiger partial charge in [-0.05, 0) is 51.2 Å². The van der Waals surface area contributed by atoms with Crippen LogP contribution in [0.25, 0.3) is 0 Å². The molecule has 0 aliphatic carbocycles. The van der Waals surface area contributed by atoms with E-state index in [2.05, 4.69) is 27.4 Å². The van der Waals surface area contributed by atoms with E-state index in [-0.39, 0.29) is 12.6 Å². The van der Waals surface area contributed by atoms with Gasteiger partial charge in [0.25, 0.3) is 0 Å². The molecule has 0 spiro atoms. The molecular weight excluding hydrogens is 320 g/mol. The molecule has 1 aromatic rings. The topological polar surface area (TPSA) is 86.7 Å². The van der Waals surface area contributed by atoms with E-state index in [1.807, 2.05) is 13.0 Å². The molecule has 7 nitrogen and oxygen atoms in total. The lowest BCUT2D eigenvalue weighted by molar-refractivity contribution is 0.126. The van der Waals surface area contributed by atoms with Crippen molar-refractivity contribution in [2.24, 2.45) is 0 Å². The molecule has 2 amide bonds. The Hall–Kier alpha value is -1.86. The number of nitrogens with one attached hydrogen (secondary N) is 2. The normalized spacial score (nSPS) is 26.5. The van der Waals surface area contributed by atoms with E-state index in [0.717, 1.165) is 17.9 Å². The van der Waals surface area contributed by atoms with Gasteiger partial charge >= 0.3 is 6.03 Å². The highest BCUT2D eigenvalue weighted by atomic mass is 16.5. The molecule has 2 unspecified atom stereocenters. The number of pyridine rings is 1. The van der Waals surface area contributed by atoms with E-state index in [1.54, 1.807) is 6.20 Å². The van der Waals surface area contributed by atoms with Crippen LogP contribution in [0.5, 0.6) is 0 Å². The van der Waals surface area contributed by atoms with Gasteiger partial charge in [0.05, 0.1) is 30.6 Å². The lowest BCUT2D eigenvalue weighted by atomic mass is 10.0. The van der Waals surface area contributed by atoms with Gasteiger partial charge in [0.15, 0.2) is 0 Å². The van der Waals surface area contributed by atoms with Crippen LogP contribution >= 0.6 is 0 Å². The highest BCUT2D eigenvalue weighted by molar-refractivity contribution is 5.90. The molecule has 0 radical (unpaired) electrons. The fourth-order valence-electron chi connectivity index (χ4n) is 3.62. The SMILES string of the molecule is Cc1cc(NC(=O)NC2(CO)CCOC2)cnc1N1CCCCC1C. The van der Waals surface area contributed by atoms with Crippen LogP contribution in [0.4, 0.5) is 16.3 Å². The summed E-state index contributed by atoms with van der Waals surface area (Å²) >= 11 is 0. The Morgan fingerprint density at radius 3 is 3.00 bits per heavy atom. The van der Waals surface area contributed by atoms with Gasteiger partial charge in [0, 0.05) is 19.2 Å². The minimum Gasteiger partial charge on any atom is -0.394 e. The second kappa shape index (κ2) is 7.58. The van der Waals surface area contributed by atoms with Crippen LogP contribution in [0, 0.1) is 6.92 Å². The average molecular weight is 348 g/mol. The molecule has 2 saturated heterocycles. The second-order valence-corrected chi connectivity index (χ2v) is 7.22. The number of ether oxygens (including phenoxy) is 1. The van der Waals surface area contributed by atoms with Crippen molar-refractivity contribution in [2.45, 2.75) is 51.1 Å². The Morgan fingerprint density at radius 1 is 1.52 bits per heavy atom. The first-order valence-corrected chi connectivity index (χ1v) is 9.04. The van der Waals surface area contributed by atoms with Crippen LogP contribution < -0.4 is 15.5 Å². The summed E-state index contributed by atoms with van der Waals surface area (Å²) in [4.78, 5) is 19.2. The Bertz CT molecular complexity index is 616. The minimum absolute atomic E-state index is 0.135. The number of nitrogens with zero attached hydrogens (tertiary/aromatic N) is 2. The Kier molecular flexibility index (Phi) is 5.44. The van der Waals surface area contributed by atoms with Crippen LogP contribution in [-0.4, -0.2) is 54.1 Å². The van der Waals surface area contributed by atoms with Crippen LogP contribution in [-0.2, 0) is 4.74 Å². The molecule has 0 bridgehead atoms. The number of aliphatic hydroxyl groups is 1. The standard InChI is InChI=1S/C18H28N4O3/c1-13-9-15(10-19-16(13)22-7-4-3-5-14(22)2)20-17(24)21-18(11-23)6-8-25-12-18/h9-10,14,23H,3-8,11-12H2,1-2H3,(H2,20,21,24). The van der Waals surface area contributed by atoms with Crippen molar-refractivity contribution in [2.75, 3.05) is 36.6 Å². The lowest BCUT2D eigenvalue weighted by Crippen LogP contribution is -2.53. The summed E-state index contributed by atoms with van der Waals surface area (Å²) in [5.41, 5.74) is 1.01. The summed E-state index contributed by atoms with van der Waals surface area (Å²) in [6.45, 7) is 6.03. The summed E-state index contributed by atoms with van der Waals surface area (Å²) in [7, 11) is 0. The molecule has 0 saturated carbocycles. The van der Waals surface area contributed by atoms with Gasteiger partial charge in [-0.15, -0.1) is 0 Å². The predicted molar refractivity (Wildman–Crippen MR) is 97.0 cm³/mol. The first-order valence-electron chi connectivity index (χ1n) is 9.04. The maximum Gasteiger partial charge on any atom is 0.319 e. The highest BCUT2D eigenvalue weighted by Gasteiger charge is 2.35. The molecule has 2 aliphatic heterocycles. The van der Waals surface area contributed by atoms with E-state index < -0.39 is 5.54 Å². The number of urea groups is 1. The third-order valence-corrected chi connectivity index (χ3v) is 5.17. The maximum absolute atomic E-state index is 12.3. The predicted octanol–water partition coefficient (Wildman–Crippen LogP) is 2.04. The molecule has 0 aromatic carbocycles. The largest absolute Gasteiger partial charge is 0.394 e. The molecule has 1 aromatic heterocycles. The number of aromatic nitrogens is 1. The molecule has 3 heterocycles. The number of piperidine rings is 1. The summed E-state index contributed by atoms with van der Waals surface area (Å²) in [6, 6.07) is 2.09. The van der Waals surface area contributed by atoms with Gasteiger partial charge in [0.2, 0.25) is 0 Å². The molecule has 2 fully saturated rings. The average Bonchev–Trinajstić information content (AvgIpc) is 3.05. The van der Waals surface area contributed by atoms with Crippen LogP contribution in [0.1, 0.15) is 38.2 Å². The second-order valence-electron chi connectivity index (χ2n) is 7.22. The number of carbonyl (C=O) groups is 1. The van der Waals surface area contributed by atoms with Crippen molar-refractivity contribution in [1.82, 2.24) is 10.3 Å². The highest BCUT2D eigenvalue weighted by Crippen LogP contribution is 2.27. The fourth-order valence-corrected chi connectivity index (χ4v) is 3.62. The minimum atomic E-state index is -0.685. The maximum atomic E-state index is 12.3. The molecule has 25 heavy (non-hydrogen) atoms. The van der Waals surface area contributed by atoms with Crippen LogP contribution in [0.2, 0.25) is 0 Å². The summed E-state index contributed by atoms with van der Waals surface area (Å²) in [6.07, 6.45) is 5.96. The van der Waals surface area contributed by atoms with Crippen molar-refractivity contribution in [3.8, 4) is 0 Å². The molecule has 2 aliphatic rings. The lowest BCUT2D eigenvalue weighted by Gasteiger charge is -2.35. The van der Waals surface area contributed by atoms with Crippen molar-refractivity contribution >= 4 is 17.5 Å². The summed E-state index contributed by atoms with van der Waals surface area (Å²) in [5.74, 6) is 0.995. The molecule has 138 valence electrons. The molecule has 3 N–H and O–H groups in total. The molecular formula is C18H28N4O3. The summed E-state index contributed by atoms with van der Waals surface area (Å²) in [5, 5.41) is 15.2. The van der Waals surface area contributed by atoms with E-state index in [4.69, 9.17) is 4.74 Å². The molecule has 7 heteroatoms. The quantitative estimate of drug-likeness (QED) is 0.775. The van der Waals surface area contributed by atoms with E-state index in [0.29, 0.717) is 31.4 Å². The summed E-state index contributed by atoms with van der Waals surface area (Å²) < 4.78 is 5.29. The number of aryl methyl sites for hydroxylation is 1. The monoisotopic (exact) mass is 348 g/mol. The number of anilines is 2. The Morgan fingerprint density at radius 2 is 2.36 bits per heavy atom. The van der Waals surface area contributed by atoms with E-state index >= 15 is 0 Å². The van der Waals surface area contributed by atoms with Gasteiger partial charge in [-0.3, -0.25) is 0 Å². The van der Waals surface area contributed by atoms with Crippen molar-refractivity contribution in [3.63, 3.8) is 0 Å². The smallest absolute Gasteiger partial charge is 0.319 e.